The maximum absolute atomic E-state index is 5.92. The summed E-state index contributed by atoms with van der Waals surface area (Å²) in [5.41, 5.74) is 6.15. The summed E-state index contributed by atoms with van der Waals surface area (Å²) in [4.78, 5) is 0. The van der Waals surface area contributed by atoms with Crippen molar-refractivity contribution in [3.8, 4) is 0 Å². The van der Waals surface area contributed by atoms with Crippen LogP contribution in [0.25, 0.3) is 0 Å². The van der Waals surface area contributed by atoms with Crippen molar-refractivity contribution in [1.82, 2.24) is 0 Å². The first kappa shape index (κ1) is 11.7. The summed E-state index contributed by atoms with van der Waals surface area (Å²) in [5.74, 6) is 1.05. The van der Waals surface area contributed by atoms with Crippen LogP contribution in [-0.4, -0.2) is 11.3 Å². The second-order valence-electron chi connectivity index (χ2n) is 4.60. The molecule has 0 unspecified atom stereocenters. The molecular weight excluding hydrogens is 174 g/mol. The maximum atomic E-state index is 5.92. The lowest BCUT2D eigenvalue weighted by molar-refractivity contribution is 0.293. The highest BCUT2D eigenvalue weighted by molar-refractivity contribution is 8.68. The Bertz CT molecular complexity index is 116. The Balaban J connectivity index is 3.91. The van der Waals surface area contributed by atoms with Crippen LogP contribution in [0.2, 0.25) is 0 Å². The van der Waals surface area contributed by atoms with Gasteiger partial charge in [0.05, 0.1) is 0 Å². The predicted octanol–water partition coefficient (Wildman–Crippen LogP) is 2.72. The second kappa shape index (κ2) is 4.06. The van der Waals surface area contributed by atoms with Gasteiger partial charge in [0.2, 0.25) is 0 Å². The summed E-state index contributed by atoms with van der Waals surface area (Å²) < 4.78 is 0. The van der Waals surface area contributed by atoms with E-state index in [1.54, 1.807) is 10.8 Å². The molecule has 68 valence electrons. The molecule has 0 saturated heterocycles. The van der Waals surface area contributed by atoms with E-state index in [0.29, 0.717) is 5.41 Å². The van der Waals surface area contributed by atoms with Gasteiger partial charge in [0.25, 0.3) is 0 Å². The summed E-state index contributed by atoms with van der Waals surface area (Å²) in [7, 11) is 1.59. The fourth-order valence-electron chi connectivity index (χ4n) is 1.46. The molecule has 11 heavy (non-hydrogen) atoms. The Morgan fingerprint density at radius 3 is 2.00 bits per heavy atom. The third kappa shape index (κ3) is 7.04. The monoisotopic (exact) mass is 193 g/mol. The van der Waals surface area contributed by atoms with Gasteiger partial charge in [-0.1, -0.05) is 24.6 Å². The largest absolute Gasteiger partial charge is 0.326 e. The Hall–Kier alpha value is 0.660. The van der Waals surface area contributed by atoms with E-state index in [9.17, 15) is 0 Å². The van der Waals surface area contributed by atoms with E-state index >= 15 is 0 Å². The van der Waals surface area contributed by atoms with Crippen LogP contribution >= 0.6 is 22.5 Å². The highest BCUT2D eigenvalue weighted by Crippen LogP contribution is 2.31. The first-order chi connectivity index (χ1) is 4.77. The van der Waals surface area contributed by atoms with E-state index in [-0.39, 0.29) is 5.54 Å². The predicted molar refractivity (Wildman–Crippen MR) is 58.1 cm³/mol. The van der Waals surface area contributed by atoms with E-state index in [1.807, 2.05) is 0 Å². The van der Waals surface area contributed by atoms with E-state index in [4.69, 9.17) is 5.73 Å². The van der Waals surface area contributed by atoms with Gasteiger partial charge in [-0.2, -0.15) is 0 Å². The van der Waals surface area contributed by atoms with E-state index < -0.39 is 0 Å². The van der Waals surface area contributed by atoms with Crippen molar-refractivity contribution < 1.29 is 0 Å². The van der Waals surface area contributed by atoms with Crippen LogP contribution in [0, 0.1) is 5.41 Å². The van der Waals surface area contributed by atoms with Crippen LogP contribution in [-0.2, 0) is 0 Å². The average Bonchev–Trinajstić information content (AvgIpc) is 1.55. The summed E-state index contributed by atoms with van der Waals surface area (Å²) in [6.07, 6.45) is 1.04. The molecule has 0 fully saturated rings. The first-order valence-corrected chi connectivity index (χ1v) is 5.86. The fourth-order valence-corrected chi connectivity index (χ4v) is 2.96. The van der Waals surface area contributed by atoms with Crippen molar-refractivity contribution in [1.29, 1.82) is 0 Å². The molecule has 0 saturated carbocycles. The Kier molecular flexibility index (Phi) is 4.30. The molecule has 0 bridgehead atoms. The number of nitrogens with two attached hydrogens (primary N) is 1. The SMILES string of the molecule is CC(C)(N)CC(C)(C)CSS. The third-order valence-corrected chi connectivity index (χ3v) is 2.69. The van der Waals surface area contributed by atoms with Crippen LogP contribution in [0.4, 0.5) is 0 Å². The quantitative estimate of drug-likeness (QED) is 0.530. The van der Waals surface area contributed by atoms with Gasteiger partial charge in [0, 0.05) is 11.3 Å². The first-order valence-electron chi connectivity index (χ1n) is 3.82. The summed E-state index contributed by atoms with van der Waals surface area (Å²) in [6, 6.07) is 0. The highest BCUT2D eigenvalue weighted by atomic mass is 33.1. The number of hydrogen-bond donors (Lipinski definition) is 2. The van der Waals surface area contributed by atoms with Crippen molar-refractivity contribution in [2.75, 3.05) is 5.75 Å². The average molecular weight is 193 g/mol. The molecule has 0 amide bonds. The molecule has 0 aromatic rings. The molecule has 2 N–H and O–H groups in total. The molecule has 0 rings (SSSR count). The van der Waals surface area contributed by atoms with Crippen LogP contribution in [0.15, 0.2) is 0 Å². The molecule has 0 aromatic heterocycles. The molecule has 0 heterocycles. The van der Waals surface area contributed by atoms with Gasteiger partial charge in [0.1, 0.15) is 0 Å². The van der Waals surface area contributed by atoms with Gasteiger partial charge in [0.15, 0.2) is 0 Å². The molecule has 1 nitrogen and oxygen atoms in total. The van der Waals surface area contributed by atoms with Crippen molar-refractivity contribution in [3.63, 3.8) is 0 Å². The van der Waals surface area contributed by atoms with Gasteiger partial charge in [-0.3, -0.25) is 0 Å². The van der Waals surface area contributed by atoms with Crippen molar-refractivity contribution >= 4 is 22.5 Å². The molecule has 0 radical (unpaired) electrons. The lowest BCUT2D eigenvalue weighted by Gasteiger charge is -2.31. The van der Waals surface area contributed by atoms with Crippen LogP contribution in [0.1, 0.15) is 34.1 Å². The van der Waals surface area contributed by atoms with Gasteiger partial charge < -0.3 is 5.73 Å². The van der Waals surface area contributed by atoms with Gasteiger partial charge in [-0.05, 0) is 25.7 Å². The Morgan fingerprint density at radius 1 is 1.27 bits per heavy atom. The van der Waals surface area contributed by atoms with Gasteiger partial charge >= 0.3 is 0 Å². The van der Waals surface area contributed by atoms with Gasteiger partial charge in [-0.15, -0.1) is 11.7 Å². The van der Waals surface area contributed by atoms with Crippen LogP contribution in [0.5, 0.6) is 0 Å². The Morgan fingerprint density at radius 2 is 1.73 bits per heavy atom. The lowest BCUT2D eigenvalue weighted by Crippen LogP contribution is -2.38. The molecule has 0 aromatic carbocycles. The minimum atomic E-state index is -0.0625. The van der Waals surface area contributed by atoms with Crippen molar-refractivity contribution in [2.45, 2.75) is 39.7 Å². The van der Waals surface area contributed by atoms with E-state index in [1.165, 1.54) is 0 Å². The molecule has 0 aliphatic heterocycles. The zero-order valence-corrected chi connectivity index (χ0v) is 9.56. The van der Waals surface area contributed by atoms with Crippen molar-refractivity contribution in [2.24, 2.45) is 11.1 Å². The fraction of sp³-hybridized carbons (Fsp3) is 1.00. The van der Waals surface area contributed by atoms with Crippen molar-refractivity contribution in [3.05, 3.63) is 0 Å². The van der Waals surface area contributed by atoms with E-state index in [0.717, 1.165) is 12.2 Å². The highest BCUT2D eigenvalue weighted by Gasteiger charge is 2.25. The second-order valence-corrected chi connectivity index (χ2v) is 5.92. The minimum Gasteiger partial charge on any atom is -0.326 e. The van der Waals surface area contributed by atoms with Gasteiger partial charge in [-0.25, -0.2) is 0 Å². The lowest BCUT2D eigenvalue weighted by atomic mass is 9.82. The minimum absolute atomic E-state index is 0.0625. The number of hydrogen-bond acceptors (Lipinski definition) is 3. The molecule has 0 atom stereocenters. The molecule has 0 spiro atoms. The zero-order valence-electron chi connectivity index (χ0n) is 7.85. The molecule has 0 aliphatic rings. The number of rotatable bonds is 4. The normalized spacial score (nSPS) is 13.6. The van der Waals surface area contributed by atoms with Crippen LogP contribution < -0.4 is 5.73 Å². The molecule has 0 aliphatic carbocycles. The zero-order chi connectivity index (χ0) is 9.12. The van der Waals surface area contributed by atoms with E-state index in [2.05, 4.69) is 39.4 Å². The van der Waals surface area contributed by atoms with Crippen LogP contribution in [0.3, 0.4) is 0 Å². The maximum Gasteiger partial charge on any atom is 0.0102 e. The summed E-state index contributed by atoms with van der Waals surface area (Å²) in [6.45, 7) is 8.59. The summed E-state index contributed by atoms with van der Waals surface area (Å²) >= 11 is 4.14. The number of thiol groups is 1. The third-order valence-electron chi connectivity index (χ3n) is 1.39. The Labute approximate surface area is 79.3 Å². The standard InChI is InChI=1S/C8H19NS2/c1-7(2,6-11-10)5-8(3,4)9/h10H,5-6,9H2,1-4H3. The smallest absolute Gasteiger partial charge is 0.0102 e. The molecular formula is C8H19NS2. The summed E-state index contributed by atoms with van der Waals surface area (Å²) in [5, 5.41) is 0. The topological polar surface area (TPSA) is 26.0 Å². The molecule has 3 heteroatoms.